The lowest BCUT2D eigenvalue weighted by atomic mass is 10.1. The molecule has 0 spiro atoms. The van der Waals surface area contributed by atoms with E-state index in [0.717, 1.165) is 4.90 Å². The topological polar surface area (TPSA) is 95.9 Å². The minimum absolute atomic E-state index is 0.0647. The molecule has 1 aliphatic rings. The number of carbonyl (C=O) groups is 3. The van der Waals surface area contributed by atoms with Gasteiger partial charge in [0, 0.05) is 17.4 Å². The van der Waals surface area contributed by atoms with E-state index in [1.165, 1.54) is 36.4 Å². The van der Waals surface area contributed by atoms with Crippen molar-refractivity contribution < 1.29 is 33.0 Å². The van der Waals surface area contributed by atoms with E-state index in [1.54, 1.807) is 6.07 Å². The van der Waals surface area contributed by atoms with Gasteiger partial charge in [-0.3, -0.25) is 9.59 Å². The Balaban J connectivity index is 1.58. The fraction of sp³-hybridized carbons (Fsp3) is 0.286. The number of hydrogen-bond donors (Lipinski definition) is 2. The van der Waals surface area contributed by atoms with Crippen LogP contribution in [-0.2, 0) is 25.5 Å². The number of ether oxygens (including phenoxy) is 1. The largest absolute Gasteiger partial charge is 0.454 e. The molecule has 2 amide bonds. The Kier molecular flexibility index (Phi) is 7.34. The molecule has 7 nitrogen and oxygen atoms in total. The molecule has 10 heteroatoms. The molecule has 2 aromatic carbocycles. The van der Waals surface area contributed by atoms with Crippen molar-refractivity contribution in [3.63, 3.8) is 0 Å². The summed E-state index contributed by atoms with van der Waals surface area (Å²) in [5.41, 5.74) is 0.0825. The van der Waals surface area contributed by atoms with Crippen molar-refractivity contribution in [3.05, 3.63) is 64.1 Å². The normalized spacial score (nSPS) is 18.0. The molecule has 0 saturated carbocycles. The van der Waals surface area contributed by atoms with Crippen LogP contribution in [0.4, 0.5) is 14.5 Å². The number of anilines is 1. The SMILES string of the molecule is O=C(COC(=O)[C@H]1C[C@H](O)CN1C(=O)Cc1ccccc1F)Nc1ccc(Br)cc1F. The van der Waals surface area contributed by atoms with Gasteiger partial charge >= 0.3 is 5.97 Å². The van der Waals surface area contributed by atoms with E-state index in [9.17, 15) is 28.3 Å². The lowest BCUT2D eigenvalue weighted by Gasteiger charge is -2.23. The van der Waals surface area contributed by atoms with Crippen molar-refractivity contribution in [1.29, 1.82) is 0 Å². The zero-order valence-corrected chi connectivity index (χ0v) is 17.8. The van der Waals surface area contributed by atoms with Crippen molar-refractivity contribution >= 4 is 39.4 Å². The summed E-state index contributed by atoms with van der Waals surface area (Å²) in [7, 11) is 0. The van der Waals surface area contributed by atoms with Gasteiger partial charge in [-0.15, -0.1) is 0 Å². The van der Waals surface area contributed by atoms with E-state index >= 15 is 0 Å². The van der Waals surface area contributed by atoms with Crippen LogP contribution in [0.3, 0.4) is 0 Å². The van der Waals surface area contributed by atoms with Crippen LogP contribution in [0.5, 0.6) is 0 Å². The summed E-state index contributed by atoms with van der Waals surface area (Å²) in [6, 6.07) is 8.70. The van der Waals surface area contributed by atoms with Gasteiger partial charge in [-0.2, -0.15) is 0 Å². The number of nitrogens with zero attached hydrogens (tertiary/aromatic N) is 1. The first-order chi connectivity index (χ1) is 14.7. The predicted octanol–water partition coefficient (Wildman–Crippen LogP) is 2.41. The smallest absolute Gasteiger partial charge is 0.329 e. The number of aliphatic hydroxyl groups is 1. The molecule has 3 rings (SSSR count). The van der Waals surface area contributed by atoms with E-state index in [0.29, 0.717) is 4.47 Å². The van der Waals surface area contributed by atoms with E-state index < -0.39 is 48.2 Å². The van der Waals surface area contributed by atoms with Crippen LogP contribution in [0.1, 0.15) is 12.0 Å². The Bertz CT molecular complexity index is 1000. The maximum absolute atomic E-state index is 13.8. The molecule has 0 aromatic heterocycles. The lowest BCUT2D eigenvalue weighted by Crippen LogP contribution is -2.43. The highest BCUT2D eigenvalue weighted by atomic mass is 79.9. The molecular formula is C21H19BrF2N2O5. The van der Waals surface area contributed by atoms with Crippen LogP contribution in [0.15, 0.2) is 46.9 Å². The van der Waals surface area contributed by atoms with E-state index in [4.69, 9.17) is 4.74 Å². The molecule has 0 bridgehead atoms. The van der Waals surface area contributed by atoms with Gasteiger partial charge in [-0.25, -0.2) is 13.6 Å². The molecule has 0 radical (unpaired) electrons. The number of β-amino-alcohol motifs (C(OH)–C–C–N with tert-alkyl or cyclic N) is 1. The molecule has 2 N–H and O–H groups in total. The van der Waals surface area contributed by atoms with Gasteiger partial charge in [-0.05, 0) is 29.8 Å². The number of aliphatic hydroxyl groups excluding tert-OH is 1. The summed E-state index contributed by atoms with van der Waals surface area (Å²) in [5, 5.41) is 12.2. The molecule has 31 heavy (non-hydrogen) atoms. The maximum Gasteiger partial charge on any atom is 0.329 e. The third kappa shape index (κ3) is 5.86. The van der Waals surface area contributed by atoms with Crippen LogP contribution >= 0.6 is 15.9 Å². The fourth-order valence-electron chi connectivity index (χ4n) is 3.23. The zero-order chi connectivity index (χ0) is 22.5. The summed E-state index contributed by atoms with van der Waals surface area (Å²) < 4.78 is 33.1. The minimum Gasteiger partial charge on any atom is -0.454 e. The highest BCUT2D eigenvalue weighted by Crippen LogP contribution is 2.22. The van der Waals surface area contributed by atoms with Gasteiger partial charge in [0.05, 0.1) is 18.2 Å². The first-order valence-electron chi connectivity index (χ1n) is 9.37. The van der Waals surface area contributed by atoms with Crippen molar-refractivity contribution in [2.45, 2.75) is 25.0 Å². The van der Waals surface area contributed by atoms with E-state index in [-0.39, 0.29) is 30.6 Å². The molecule has 1 heterocycles. The Morgan fingerprint density at radius 3 is 2.61 bits per heavy atom. The van der Waals surface area contributed by atoms with Gasteiger partial charge in [0.1, 0.15) is 17.7 Å². The molecule has 0 unspecified atom stereocenters. The van der Waals surface area contributed by atoms with E-state index in [2.05, 4.69) is 21.2 Å². The molecule has 1 fully saturated rings. The molecule has 164 valence electrons. The highest BCUT2D eigenvalue weighted by molar-refractivity contribution is 9.10. The van der Waals surface area contributed by atoms with Crippen molar-refractivity contribution in [2.24, 2.45) is 0 Å². The predicted molar refractivity (Wildman–Crippen MR) is 110 cm³/mol. The third-order valence-corrected chi connectivity index (χ3v) is 5.21. The Labute approximate surface area is 185 Å². The maximum atomic E-state index is 13.8. The summed E-state index contributed by atoms with van der Waals surface area (Å²) >= 11 is 3.10. The number of amides is 2. The number of halogens is 3. The lowest BCUT2D eigenvalue weighted by molar-refractivity contribution is -0.155. The molecule has 1 aliphatic heterocycles. The van der Waals surface area contributed by atoms with Crippen molar-refractivity contribution in [2.75, 3.05) is 18.5 Å². The quantitative estimate of drug-likeness (QED) is 0.598. The van der Waals surface area contributed by atoms with Crippen LogP contribution in [0.25, 0.3) is 0 Å². The van der Waals surface area contributed by atoms with Crippen molar-refractivity contribution in [1.82, 2.24) is 4.90 Å². The third-order valence-electron chi connectivity index (χ3n) is 4.72. The summed E-state index contributed by atoms with van der Waals surface area (Å²) in [4.78, 5) is 38.1. The standard InChI is InChI=1S/C21H19BrF2N2O5/c22-13-5-6-17(16(24)8-13)25-19(28)11-31-21(30)18-9-14(27)10-26(18)20(29)7-12-3-1-2-4-15(12)23/h1-6,8,14,18,27H,7,9-11H2,(H,25,28)/t14-,18+/m0/s1. The summed E-state index contributed by atoms with van der Waals surface area (Å²) in [6.45, 7) is -0.806. The number of benzene rings is 2. The number of esters is 1. The summed E-state index contributed by atoms with van der Waals surface area (Å²) in [5.74, 6) is -3.42. The van der Waals surface area contributed by atoms with Crippen LogP contribution < -0.4 is 5.32 Å². The summed E-state index contributed by atoms with van der Waals surface area (Å²) in [6.07, 6.45) is -1.30. The Morgan fingerprint density at radius 1 is 1.16 bits per heavy atom. The van der Waals surface area contributed by atoms with E-state index in [1.807, 2.05) is 0 Å². The first kappa shape index (κ1) is 22.8. The first-order valence-corrected chi connectivity index (χ1v) is 10.2. The Hall–Kier alpha value is -2.85. The molecule has 2 aromatic rings. The monoisotopic (exact) mass is 496 g/mol. The van der Waals surface area contributed by atoms with Crippen LogP contribution in [0.2, 0.25) is 0 Å². The minimum atomic E-state index is -1.11. The number of nitrogens with one attached hydrogen (secondary N) is 1. The van der Waals surface area contributed by atoms with Gasteiger partial charge in [0.25, 0.3) is 5.91 Å². The molecular weight excluding hydrogens is 478 g/mol. The molecule has 1 saturated heterocycles. The number of hydrogen-bond acceptors (Lipinski definition) is 5. The van der Waals surface area contributed by atoms with Gasteiger partial charge in [-0.1, -0.05) is 34.1 Å². The van der Waals surface area contributed by atoms with Gasteiger partial charge in [0.2, 0.25) is 5.91 Å². The van der Waals surface area contributed by atoms with Crippen LogP contribution in [-0.4, -0.2) is 53.1 Å². The Morgan fingerprint density at radius 2 is 1.90 bits per heavy atom. The molecule has 0 aliphatic carbocycles. The zero-order valence-electron chi connectivity index (χ0n) is 16.2. The van der Waals surface area contributed by atoms with Crippen molar-refractivity contribution in [3.8, 4) is 0 Å². The second-order valence-electron chi connectivity index (χ2n) is 7.00. The molecule has 2 atom stereocenters. The average molecular weight is 497 g/mol. The van der Waals surface area contributed by atoms with Crippen LogP contribution in [0, 0.1) is 11.6 Å². The fourth-order valence-corrected chi connectivity index (χ4v) is 3.56. The van der Waals surface area contributed by atoms with Gasteiger partial charge in [0.15, 0.2) is 6.61 Å². The average Bonchev–Trinajstić information content (AvgIpc) is 3.12. The number of rotatable bonds is 6. The second-order valence-corrected chi connectivity index (χ2v) is 7.92. The second kappa shape index (κ2) is 9.97. The van der Waals surface area contributed by atoms with Gasteiger partial charge < -0.3 is 20.1 Å². The number of carbonyl (C=O) groups excluding carboxylic acids is 3. The highest BCUT2D eigenvalue weighted by Gasteiger charge is 2.40. The number of likely N-dealkylation sites (tertiary alicyclic amines) is 1.